The van der Waals surface area contributed by atoms with Crippen molar-refractivity contribution in [1.82, 2.24) is 24.1 Å². The second-order valence-electron chi connectivity index (χ2n) is 6.08. The summed E-state index contributed by atoms with van der Waals surface area (Å²) in [5.41, 5.74) is 1.02. The van der Waals surface area contributed by atoms with Crippen molar-refractivity contribution in [3.05, 3.63) is 34.6 Å². The van der Waals surface area contributed by atoms with E-state index in [-0.39, 0.29) is 5.92 Å². The molecule has 0 atom stereocenters. The first kappa shape index (κ1) is 17.1. The highest BCUT2D eigenvalue weighted by Crippen LogP contribution is 2.33. The lowest BCUT2D eigenvalue weighted by Gasteiger charge is -2.28. The summed E-state index contributed by atoms with van der Waals surface area (Å²) in [6, 6.07) is 7.94. The highest BCUT2D eigenvalue weighted by molar-refractivity contribution is 9.10. The quantitative estimate of drug-likeness (QED) is 0.623. The molecule has 1 aliphatic rings. The first-order chi connectivity index (χ1) is 11.9. The molecular weight excluding hydrogens is 426 g/mol. The molecule has 0 radical (unpaired) electrons. The van der Waals surface area contributed by atoms with Gasteiger partial charge in [0.05, 0.1) is 6.26 Å². The fourth-order valence-corrected chi connectivity index (χ4v) is 5.44. The van der Waals surface area contributed by atoms with Gasteiger partial charge in [-0.05, 0) is 18.9 Å². The second kappa shape index (κ2) is 6.42. The van der Waals surface area contributed by atoms with Gasteiger partial charge in [0.15, 0.2) is 5.82 Å². The van der Waals surface area contributed by atoms with Crippen LogP contribution >= 0.6 is 27.3 Å². The average molecular weight is 442 g/mol. The number of halogens is 1. The summed E-state index contributed by atoms with van der Waals surface area (Å²) in [6.45, 7) is 1.03. The molecule has 25 heavy (non-hydrogen) atoms. The number of hydrogen-bond acceptors (Lipinski definition) is 6. The molecule has 0 unspecified atom stereocenters. The predicted octanol–water partition coefficient (Wildman–Crippen LogP) is 2.75. The molecule has 3 heterocycles. The Balaban J connectivity index is 1.63. The van der Waals surface area contributed by atoms with Gasteiger partial charge < -0.3 is 0 Å². The molecule has 3 aromatic rings. The van der Waals surface area contributed by atoms with Crippen molar-refractivity contribution >= 4 is 42.3 Å². The molecular formula is C15H16BrN5O2S2. The molecule has 10 heteroatoms. The number of piperidine rings is 1. The van der Waals surface area contributed by atoms with Crippen LogP contribution in [0.1, 0.15) is 24.6 Å². The third kappa shape index (κ3) is 3.23. The van der Waals surface area contributed by atoms with Crippen molar-refractivity contribution < 1.29 is 8.42 Å². The van der Waals surface area contributed by atoms with Crippen molar-refractivity contribution in [3.63, 3.8) is 0 Å². The van der Waals surface area contributed by atoms with Gasteiger partial charge in [0, 0.05) is 29.0 Å². The highest BCUT2D eigenvalue weighted by Gasteiger charge is 2.29. The van der Waals surface area contributed by atoms with E-state index in [4.69, 9.17) is 5.10 Å². The third-order valence-electron chi connectivity index (χ3n) is 4.41. The lowest BCUT2D eigenvalue weighted by molar-refractivity contribution is 0.313. The minimum absolute atomic E-state index is 0.169. The molecule has 132 valence electrons. The first-order valence-corrected chi connectivity index (χ1v) is 11.3. The van der Waals surface area contributed by atoms with Gasteiger partial charge in [0.25, 0.3) is 0 Å². The highest BCUT2D eigenvalue weighted by atomic mass is 79.9. The van der Waals surface area contributed by atoms with Crippen LogP contribution in [0.15, 0.2) is 28.7 Å². The van der Waals surface area contributed by atoms with Crippen LogP contribution in [0, 0.1) is 0 Å². The van der Waals surface area contributed by atoms with Gasteiger partial charge in [-0.15, -0.1) is 10.2 Å². The zero-order valence-corrected chi connectivity index (χ0v) is 16.7. The van der Waals surface area contributed by atoms with E-state index in [0.717, 1.165) is 38.7 Å². The summed E-state index contributed by atoms with van der Waals surface area (Å²) in [5, 5.41) is 14.1. The fourth-order valence-electron chi connectivity index (χ4n) is 3.08. The van der Waals surface area contributed by atoms with E-state index in [2.05, 4.69) is 26.1 Å². The Kier molecular flexibility index (Phi) is 4.38. The maximum absolute atomic E-state index is 11.7. The fraction of sp³-hybridized carbons (Fsp3) is 0.400. The molecule has 1 aliphatic heterocycles. The van der Waals surface area contributed by atoms with E-state index in [9.17, 15) is 8.42 Å². The normalized spacial score (nSPS) is 17.4. The van der Waals surface area contributed by atoms with Crippen LogP contribution in [0.2, 0.25) is 0 Å². The van der Waals surface area contributed by atoms with Crippen LogP contribution in [0.4, 0.5) is 0 Å². The van der Waals surface area contributed by atoms with Gasteiger partial charge in [-0.3, -0.25) is 0 Å². The smallest absolute Gasteiger partial charge is 0.213 e. The van der Waals surface area contributed by atoms with Gasteiger partial charge in [-0.2, -0.15) is 9.61 Å². The first-order valence-electron chi connectivity index (χ1n) is 7.85. The summed E-state index contributed by atoms with van der Waals surface area (Å²) in [5.74, 6) is 0.986. The lowest BCUT2D eigenvalue weighted by Crippen LogP contribution is -2.37. The van der Waals surface area contributed by atoms with E-state index in [1.54, 1.807) is 4.52 Å². The molecule has 0 aliphatic carbocycles. The van der Waals surface area contributed by atoms with Gasteiger partial charge in [-0.1, -0.05) is 45.5 Å². The van der Waals surface area contributed by atoms with Crippen LogP contribution < -0.4 is 0 Å². The van der Waals surface area contributed by atoms with E-state index in [1.165, 1.54) is 21.9 Å². The average Bonchev–Trinajstić information content (AvgIpc) is 3.15. The SMILES string of the molecule is CS(=O)(=O)N1CCC(c2nnc3sc(-c4ccccc4Br)nn23)CC1. The third-order valence-corrected chi connectivity index (χ3v) is 7.33. The molecule has 0 saturated carbocycles. The van der Waals surface area contributed by atoms with Crippen LogP contribution in [-0.2, 0) is 10.0 Å². The van der Waals surface area contributed by atoms with E-state index in [0.29, 0.717) is 13.1 Å². The zero-order chi connectivity index (χ0) is 17.6. The maximum atomic E-state index is 11.7. The number of fused-ring (bicyclic) bond motifs is 1. The van der Waals surface area contributed by atoms with Crippen molar-refractivity contribution in [3.8, 4) is 10.6 Å². The van der Waals surface area contributed by atoms with Crippen LogP contribution in [-0.4, -0.2) is 51.9 Å². The van der Waals surface area contributed by atoms with Crippen molar-refractivity contribution in [2.75, 3.05) is 19.3 Å². The van der Waals surface area contributed by atoms with Crippen molar-refractivity contribution in [2.45, 2.75) is 18.8 Å². The molecule has 4 rings (SSSR count). The Morgan fingerprint density at radius 3 is 2.60 bits per heavy atom. The Hall–Kier alpha value is -1.36. The molecule has 0 amide bonds. The zero-order valence-electron chi connectivity index (χ0n) is 13.5. The lowest BCUT2D eigenvalue weighted by atomic mass is 9.97. The Labute approximate surface area is 157 Å². The number of aromatic nitrogens is 4. The number of nitrogens with zero attached hydrogens (tertiary/aromatic N) is 5. The van der Waals surface area contributed by atoms with E-state index < -0.39 is 10.0 Å². The topological polar surface area (TPSA) is 80.5 Å². The van der Waals surface area contributed by atoms with Crippen LogP contribution in [0.25, 0.3) is 15.5 Å². The molecule has 2 aromatic heterocycles. The predicted molar refractivity (Wildman–Crippen MR) is 100 cm³/mol. The van der Waals surface area contributed by atoms with Gasteiger partial charge >= 0.3 is 0 Å². The molecule has 1 fully saturated rings. The Morgan fingerprint density at radius 1 is 1.20 bits per heavy atom. The molecule has 1 aromatic carbocycles. The molecule has 1 saturated heterocycles. The summed E-state index contributed by atoms with van der Waals surface area (Å²) >= 11 is 5.05. The molecule has 0 spiro atoms. The van der Waals surface area contributed by atoms with Crippen molar-refractivity contribution in [1.29, 1.82) is 0 Å². The molecule has 0 bridgehead atoms. The van der Waals surface area contributed by atoms with Gasteiger partial charge in [0.2, 0.25) is 15.0 Å². The number of rotatable bonds is 3. The summed E-state index contributed by atoms with van der Waals surface area (Å²) in [4.78, 5) is 0.756. The van der Waals surface area contributed by atoms with Crippen LogP contribution in [0.5, 0.6) is 0 Å². The Bertz CT molecular complexity index is 1020. The number of benzene rings is 1. The van der Waals surface area contributed by atoms with E-state index >= 15 is 0 Å². The standard InChI is InChI=1S/C15H16BrN5O2S2/c1-25(22,23)20-8-6-10(7-9-20)13-17-18-15-21(13)19-14(24-15)11-4-2-3-5-12(11)16/h2-5,10H,6-9H2,1H3. The number of sulfonamides is 1. The van der Waals surface area contributed by atoms with Crippen molar-refractivity contribution in [2.24, 2.45) is 0 Å². The monoisotopic (exact) mass is 441 g/mol. The summed E-state index contributed by atoms with van der Waals surface area (Å²) in [7, 11) is -3.13. The van der Waals surface area contributed by atoms with Gasteiger partial charge in [0.1, 0.15) is 5.01 Å². The summed E-state index contributed by atoms with van der Waals surface area (Å²) < 4.78 is 27.6. The van der Waals surface area contributed by atoms with E-state index in [1.807, 2.05) is 24.3 Å². The minimum atomic E-state index is -3.13. The maximum Gasteiger partial charge on any atom is 0.234 e. The van der Waals surface area contributed by atoms with Gasteiger partial charge in [-0.25, -0.2) is 12.7 Å². The minimum Gasteiger partial charge on any atom is -0.213 e. The number of hydrogen-bond donors (Lipinski definition) is 0. The summed E-state index contributed by atoms with van der Waals surface area (Å²) in [6.07, 6.45) is 2.72. The second-order valence-corrected chi connectivity index (χ2v) is 9.87. The van der Waals surface area contributed by atoms with Crippen LogP contribution in [0.3, 0.4) is 0 Å². The Morgan fingerprint density at radius 2 is 1.92 bits per heavy atom. The largest absolute Gasteiger partial charge is 0.234 e. The molecule has 7 nitrogen and oxygen atoms in total. The molecule has 0 N–H and O–H groups in total.